The topological polar surface area (TPSA) is 99.0 Å². The molecule has 2 heterocycles. The van der Waals surface area contributed by atoms with Gasteiger partial charge in [-0.15, -0.1) is 0 Å². The van der Waals surface area contributed by atoms with Crippen LogP contribution in [-0.2, 0) is 4.79 Å². The Labute approximate surface area is 161 Å². The van der Waals surface area contributed by atoms with Crippen molar-refractivity contribution in [3.63, 3.8) is 0 Å². The fourth-order valence-electron chi connectivity index (χ4n) is 3.64. The molecule has 1 amide bonds. The Morgan fingerprint density at radius 2 is 2.11 bits per heavy atom. The van der Waals surface area contributed by atoms with Crippen molar-refractivity contribution < 1.29 is 14.3 Å². The third-order valence-corrected chi connectivity index (χ3v) is 5.21. The summed E-state index contributed by atoms with van der Waals surface area (Å²) in [7, 11) is 1.55. The van der Waals surface area contributed by atoms with E-state index in [2.05, 4.69) is 20.4 Å². The number of hydrogen-bond acceptors (Lipinski definition) is 6. The molecule has 1 saturated carbocycles. The molecule has 0 unspecified atom stereocenters. The highest BCUT2D eigenvalue weighted by molar-refractivity contribution is 6.04. The molecular weight excluding hydrogens is 358 g/mol. The lowest BCUT2D eigenvalue weighted by molar-refractivity contribution is -0.112. The largest absolute Gasteiger partial charge is 0.494 e. The van der Waals surface area contributed by atoms with E-state index in [1.165, 1.54) is 12.5 Å². The van der Waals surface area contributed by atoms with Gasteiger partial charge in [-0.05, 0) is 37.8 Å². The maximum absolute atomic E-state index is 12.4. The molecule has 0 radical (unpaired) electrons. The second kappa shape index (κ2) is 7.75. The van der Waals surface area contributed by atoms with E-state index < -0.39 is 0 Å². The van der Waals surface area contributed by atoms with Crippen LogP contribution >= 0.6 is 0 Å². The van der Waals surface area contributed by atoms with E-state index in [0.29, 0.717) is 11.4 Å². The van der Waals surface area contributed by atoms with Crippen LogP contribution in [0.3, 0.4) is 0 Å². The number of methoxy groups -OCH3 is 1. The molecule has 144 valence electrons. The number of ether oxygens (including phenoxy) is 1. The number of aromatic nitrogens is 4. The first-order valence-electron chi connectivity index (χ1n) is 9.27. The fourth-order valence-corrected chi connectivity index (χ4v) is 3.64. The van der Waals surface area contributed by atoms with E-state index in [1.807, 2.05) is 23.0 Å². The number of carbonyl (C=O) groups is 2. The van der Waals surface area contributed by atoms with Crippen molar-refractivity contribution >= 4 is 28.8 Å². The molecule has 0 aliphatic heterocycles. The number of aldehydes is 1. The normalized spacial score (nSPS) is 19.3. The molecule has 1 aliphatic rings. The summed E-state index contributed by atoms with van der Waals surface area (Å²) in [5.74, 6) is 0.370. The molecule has 0 spiro atoms. The van der Waals surface area contributed by atoms with Crippen molar-refractivity contribution in [3.8, 4) is 5.75 Å². The predicted octanol–water partition coefficient (Wildman–Crippen LogP) is 3.02. The van der Waals surface area contributed by atoms with Crippen molar-refractivity contribution in [2.75, 3.05) is 12.4 Å². The number of nitrogens with zero attached hydrogens (tertiary/aromatic N) is 4. The van der Waals surface area contributed by atoms with Gasteiger partial charge in [0.25, 0.3) is 5.91 Å². The van der Waals surface area contributed by atoms with Gasteiger partial charge in [0, 0.05) is 29.8 Å². The summed E-state index contributed by atoms with van der Waals surface area (Å²) in [5.41, 5.74) is 1.64. The minimum atomic E-state index is -0.334. The average Bonchev–Trinajstić information content (AvgIpc) is 3.16. The van der Waals surface area contributed by atoms with Crippen LogP contribution < -0.4 is 10.1 Å². The zero-order valence-electron chi connectivity index (χ0n) is 15.5. The Hall–Kier alpha value is -3.29. The molecule has 2 aromatic heterocycles. The Morgan fingerprint density at radius 1 is 1.29 bits per heavy atom. The van der Waals surface area contributed by atoms with Gasteiger partial charge < -0.3 is 14.8 Å². The Bertz CT molecular complexity index is 994. The molecule has 28 heavy (non-hydrogen) atoms. The summed E-state index contributed by atoms with van der Waals surface area (Å²) in [4.78, 5) is 31.2. The molecule has 0 saturated heterocycles. The van der Waals surface area contributed by atoms with Gasteiger partial charge in [-0.2, -0.15) is 5.10 Å². The number of nitrogens with one attached hydrogen (secondary N) is 1. The van der Waals surface area contributed by atoms with E-state index in [4.69, 9.17) is 4.74 Å². The van der Waals surface area contributed by atoms with Gasteiger partial charge >= 0.3 is 0 Å². The molecule has 0 atom stereocenters. The zero-order chi connectivity index (χ0) is 19.5. The monoisotopic (exact) mass is 379 g/mol. The van der Waals surface area contributed by atoms with Crippen LogP contribution in [0.15, 0.2) is 36.9 Å². The van der Waals surface area contributed by atoms with Crippen LogP contribution in [-0.4, -0.2) is 39.1 Å². The first-order valence-corrected chi connectivity index (χ1v) is 9.27. The molecule has 4 rings (SSSR count). The number of carbonyl (C=O) groups excluding carboxylic acids is 2. The van der Waals surface area contributed by atoms with Crippen molar-refractivity contribution in [2.24, 2.45) is 5.92 Å². The van der Waals surface area contributed by atoms with Crippen molar-refractivity contribution in [2.45, 2.75) is 31.7 Å². The maximum Gasteiger partial charge on any atom is 0.274 e. The first kappa shape index (κ1) is 18.1. The van der Waals surface area contributed by atoms with Crippen LogP contribution in [0.2, 0.25) is 0 Å². The fraction of sp³-hybridized carbons (Fsp3) is 0.350. The molecule has 8 heteroatoms. The second-order valence-corrected chi connectivity index (χ2v) is 6.97. The Morgan fingerprint density at radius 3 is 2.79 bits per heavy atom. The smallest absolute Gasteiger partial charge is 0.274 e. The molecule has 8 nitrogen and oxygen atoms in total. The number of benzene rings is 1. The summed E-state index contributed by atoms with van der Waals surface area (Å²) in [5, 5.41) is 8.44. The highest BCUT2D eigenvalue weighted by Gasteiger charge is 2.23. The highest BCUT2D eigenvalue weighted by atomic mass is 16.5. The number of amides is 1. The van der Waals surface area contributed by atoms with Gasteiger partial charge in [-0.3, -0.25) is 9.48 Å². The summed E-state index contributed by atoms with van der Waals surface area (Å²) in [6.45, 7) is 0. The van der Waals surface area contributed by atoms with E-state index >= 15 is 0 Å². The zero-order valence-corrected chi connectivity index (χ0v) is 15.5. The molecule has 1 N–H and O–H groups in total. The van der Waals surface area contributed by atoms with Gasteiger partial charge in [-0.1, -0.05) is 0 Å². The van der Waals surface area contributed by atoms with Gasteiger partial charge in [0.2, 0.25) is 0 Å². The molecular formula is C20H21N5O3. The summed E-state index contributed by atoms with van der Waals surface area (Å²) < 4.78 is 7.41. The number of fused-ring (bicyclic) bond motifs is 1. The lowest BCUT2D eigenvalue weighted by atomic mass is 9.87. The second-order valence-electron chi connectivity index (χ2n) is 6.97. The van der Waals surface area contributed by atoms with Crippen LogP contribution in [0.25, 0.3) is 10.9 Å². The van der Waals surface area contributed by atoms with Crippen LogP contribution in [0.4, 0.5) is 5.69 Å². The quantitative estimate of drug-likeness (QED) is 0.684. The molecule has 3 aromatic rings. The Balaban J connectivity index is 1.60. The van der Waals surface area contributed by atoms with Gasteiger partial charge in [0.1, 0.15) is 24.1 Å². The van der Waals surface area contributed by atoms with Gasteiger partial charge in [0.15, 0.2) is 0 Å². The predicted molar refractivity (Wildman–Crippen MR) is 103 cm³/mol. The third-order valence-electron chi connectivity index (χ3n) is 5.21. The maximum atomic E-state index is 12.4. The minimum Gasteiger partial charge on any atom is -0.494 e. The standard InChI is InChI=1S/C20H21N5O3/c1-28-19-9-17-14(8-18(19)23-20(27)16-6-7-21-12-22-16)10-25(24-17)15-4-2-13(11-26)3-5-15/h6-13,15H,2-5H2,1H3,(H,23,27). The average molecular weight is 379 g/mol. The molecule has 1 aromatic carbocycles. The molecule has 1 aliphatic carbocycles. The minimum absolute atomic E-state index is 0.171. The van der Waals surface area contributed by atoms with Crippen molar-refractivity contribution in [1.29, 1.82) is 0 Å². The molecule has 0 bridgehead atoms. The first-order chi connectivity index (χ1) is 13.7. The van der Waals surface area contributed by atoms with Crippen molar-refractivity contribution in [1.82, 2.24) is 19.7 Å². The Kier molecular flexibility index (Phi) is 5.01. The number of anilines is 1. The van der Waals surface area contributed by atoms with Gasteiger partial charge in [0.05, 0.1) is 24.4 Å². The van der Waals surface area contributed by atoms with E-state index in [9.17, 15) is 9.59 Å². The van der Waals surface area contributed by atoms with E-state index in [1.54, 1.807) is 13.2 Å². The lowest BCUT2D eigenvalue weighted by Gasteiger charge is -2.25. The summed E-state index contributed by atoms with van der Waals surface area (Å²) >= 11 is 0. The van der Waals surface area contributed by atoms with E-state index in [-0.39, 0.29) is 23.6 Å². The van der Waals surface area contributed by atoms with Gasteiger partial charge in [-0.25, -0.2) is 9.97 Å². The number of hydrogen-bond donors (Lipinski definition) is 1. The summed E-state index contributed by atoms with van der Waals surface area (Å²) in [6.07, 6.45) is 9.57. The molecule has 1 fully saturated rings. The number of rotatable bonds is 5. The van der Waals surface area contributed by atoms with Crippen molar-refractivity contribution in [3.05, 3.63) is 42.6 Å². The van der Waals surface area contributed by atoms with Crippen LogP contribution in [0.1, 0.15) is 42.2 Å². The van der Waals surface area contributed by atoms with Crippen LogP contribution in [0.5, 0.6) is 5.75 Å². The van der Waals surface area contributed by atoms with Crippen LogP contribution in [0, 0.1) is 5.92 Å². The third kappa shape index (κ3) is 3.58. The lowest BCUT2D eigenvalue weighted by Crippen LogP contribution is -2.19. The SMILES string of the molecule is COc1cc2nn(C3CCC(C=O)CC3)cc2cc1NC(=O)c1ccncn1. The van der Waals surface area contributed by atoms with E-state index in [0.717, 1.165) is 42.9 Å². The summed E-state index contributed by atoms with van der Waals surface area (Å²) in [6, 6.07) is 5.51. The highest BCUT2D eigenvalue weighted by Crippen LogP contribution is 2.34.